The highest BCUT2D eigenvalue weighted by molar-refractivity contribution is 7.49. The minimum absolute atomic E-state index is 0.585. The second kappa shape index (κ2) is 2.28. The molecule has 0 radical (unpaired) electrons. The van der Waals surface area contributed by atoms with Crippen LogP contribution in [0.5, 0.6) is 0 Å². The number of phosphoric acid groups is 1. The molecule has 3 fully saturated rings. The fourth-order valence-electron chi connectivity index (χ4n) is 1.73. The van der Waals surface area contributed by atoms with Crippen LogP contribution in [0.3, 0.4) is 0 Å². The molecule has 3 aliphatic heterocycles. The molecule has 0 saturated carbocycles. The van der Waals surface area contributed by atoms with Gasteiger partial charge in [0.15, 0.2) is 0 Å². The molecule has 2 bridgehead atoms. The largest absolute Gasteiger partial charge is 0.485 e. The monoisotopic (exact) mass is 242 g/mol. The molecule has 3 aliphatic rings. The van der Waals surface area contributed by atoms with Crippen LogP contribution in [0.15, 0.2) is 0 Å². The number of rotatable bonds is 0. The van der Waals surface area contributed by atoms with Gasteiger partial charge in [0.05, 0.1) is 6.61 Å². The van der Waals surface area contributed by atoms with Gasteiger partial charge in [-0.3, -0.25) is 0 Å². The third-order valence-corrected chi connectivity index (χ3v) is 3.99. The normalized spacial score (nSPS) is 67.3. The van der Waals surface area contributed by atoms with E-state index in [9.17, 15) is 25.0 Å². The summed E-state index contributed by atoms with van der Waals surface area (Å²) in [6.45, 7) is -0.585. The molecule has 0 aromatic heterocycles. The van der Waals surface area contributed by atoms with E-state index in [4.69, 9.17) is 0 Å². The number of hydrogen-bond donors (Lipinski definition) is 4. The van der Waals surface area contributed by atoms with E-state index in [1.165, 1.54) is 0 Å². The minimum Gasteiger partial charge on any atom is -0.385 e. The van der Waals surface area contributed by atoms with Crippen LogP contribution < -0.4 is 0 Å². The Labute approximate surface area is 82.4 Å². The van der Waals surface area contributed by atoms with Gasteiger partial charge in [0, 0.05) is 0 Å². The van der Waals surface area contributed by atoms with E-state index in [1.807, 2.05) is 0 Å². The Kier molecular flexibility index (Phi) is 1.53. The van der Waals surface area contributed by atoms with Crippen molar-refractivity contribution in [1.29, 1.82) is 0 Å². The van der Waals surface area contributed by atoms with Gasteiger partial charge in [-0.25, -0.2) is 18.1 Å². The lowest BCUT2D eigenvalue weighted by Gasteiger charge is -2.47. The van der Waals surface area contributed by atoms with E-state index >= 15 is 0 Å². The Bertz CT molecular complexity index is 379. The highest BCUT2D eigenvalue weighted by Gasteiger charge is 2.88. The van der Waals surface area contributed by atoms with Crippen molar-refractivity contribution in [3.8, 4) is 0 Å². The van der Waals surface area contributed by atoms with Crippen molar-refractivity contribution < 1.29 is 43.3 Å². The number of aliphatic hydroxyl groups excluding tert-OH is 1. The summed E-state index contributed by atoms with van der Waals surface area (Å²) in [5.41, 5.74) is 0. The van der Waals surface area contributed by atoms with E-state index < -0.39 is 38.1 Å². The Hall–Kier alpha value is -0.0900. The maximum absolute atomic E-state index is 11.5. The molecule has 3 saturated heterocycles. The molecule has 5 atom stereocenters. The van der Waals surface area contributed by atoms with Gasteiger partial charge < -0.3 is 25.2 Å². The number of fused-ring (bicyclic) bond motifs is 1. The van der Waals surface area contributed by atoms with Crippen molar-refractivity contribution in [3.63, 3.8) is 0 Å². The van der Waals surface area contributed by atoms with Crippen LogP contribution in [0.2, 0.25) is 0 Å². The predicted octanol–water partition coefficient (Wildman–Crippen LogP) is -2.41. The average molecular weight is 242 g/mol. The quantitative estimate of drug-likeness (QED) is 0.342. The lowest BCUT2D eigenvalue weighted by atomic mass is 9.95. The highest BCUT2D eigenvalue weighted by atomic mass is 31.2. The fourth-order valence-corrected chi connectivity index (χ4v) is 3.48. The zero-order valence-corrected chi connectivity index (χ0v) is 7.96. The van der Waals surface area contributed by atoms with Crippen molar-refractivity contribution in [1.82, 2.24) is 0 Å². The zero-order chi connectivity index (χ0) is 11.1. The molecule has 3 heterocycles. The summed E-state index contributed by atoms with van der Waals surface area (Å²) in [4.78, 5) is 0. The Morgan fingerprint density at radius 3 is 2.40 bits per heavy atom. The third-order valence-electron chi connectivity index (χ3n) is 2.53. The van der Waals surface area contributed by atoms with Crippen molar-refractivity contribution in [2.75, 3.05) is 6.61 Å². The highest BCUT2D eigenvalue weighted by Crippen LogP contribution is 2.75. The molecular weight excluding hydrogens is 235 g/mol. The number of phosphoric ester groups is 1. The average Bonchev–Trinajstić information content (AvgIpc) is 2.42. The number of hydrogen-bond acceptors (Lipinski definition) is 9. The fraction of sp³-hybridized carbons (Fsp3) is 1.00. The van der Waals surface area contributed by atoms with E-state index in [1.54, 1.807) is 0 Å². The first-order valence-corrected chi connectivity index (χ1v) is 5.42. The van der Waals surface area contributed by atoms with Crippen LogP contribution in [-0.2, 0) is 22.9 Å². The molecule has 0 aromatic rings. The second-order valence-electron chi connectivity index (χ2n) is 3.47. The molecule has 2 unspecified atom stereocenters. The van der Waals surface area contributed by atoms with Crippen LogP contribution in [-0.4, -0.2) is 50.7 Å². The maximum atomic E-state index is 11.5. The van der Waals surface area contributed by atoms with Crippen molar-refractivity contribution in [2.24, 2.45) is 0 Å². The number of aliphatic hydroxyl groups is 4. The molecule has 86 valence electrons. The SMILES string of the molecule is O=P12OC3(O)OC[C@@H](O)[C@](O)(O1)[C@@]3(O)O2. The van der Waals surface area contributed by atoms with E-state index in [0.717, 1.165) is 0 Å². The third kappa shape index (κ3) is 0.860. The molecule has 4 N–H and O–H groups in total. The van der Waals surface area contributed by atoms with Crippen molar-refractivity contribution >= 4 is 7.82 Å². The Morgan fingerprint density at radius 1 is 1.20 bits per heavy atom. The molecule has 0 aliphatic carbocycles. The first-order valence-electron chi connectivity index (χ1n) is 3.96. The summed E-state index contributed by atoms with van der Waals surface area (Å²) < 4.78 is 29.1. The van der Waals surface area contributed by atoms with Gasteiger partial charge in [-0.15, -0.1) is 0 Å². The molecule has 0 amide bonds. The second-order valence-corrected chi connectivity index (χ2v) is 4.91. The van der Waals surface area contributed by atoms with Crippen LogP contribution in [0.1, 0.15) is 0 Å². The molecular formula is C5H7O9P. The molecule has 0 spiro atoms. The van der Waals surface area contributed by atoms with E-state index in [0.29, 0.717) is 0 Å². The topological polar surface area (TPSA) is 135 Å². The van der Waals surface area contributed by atoms with Gasteiger partial charge in [0.25, 0.3) is 5.79 Å². The van der Waals surface area contributed by atoms with E-state index in [-0.39, 0.29) is 0 Å². The van der Waals surface area contributed by atoms with Crippen LogP contribution in [0.4, 0.5) is 0 Å². The van der Waals surface area contributed by atoms with Gasteiger partial charge in [0.1, 0.15) is 6.10 Å². The Balaban J connectivity index is 2.20. The van der Waals surface area contributed by atoms with Gasteiger partial charge in [-0.1, -0.05) is 0 Å². The van der Waals surface area contributed by atoms with E-state index in [2.05, 4.69) is 18.3 Å². The first kappa shape index (κ1) is 10.1. The standard InChI is InChI=1S/C5H7O9P/c6-2-1-11-5(9)4(8)3(2,7)12-15(10,13-4)14-5/h2,6-9H,1H2/t2-,3+,4-,5?,15?/m1/s1. The van der Waals surface area contributed by atoms with Gasteiger partial charge in [-0.05, 0) is 0 Å². The summed E-state index contributed by atoms with van der Waals surface area (Å²) in [6, 6.07) is 0. The van der Waals surface area contributed by atoms with Crippen molar-refractivity contribution in [2.45, 2.75) is 23.7 Å². The first-order chi connectivity index (χ1) is 6.75. The predicted molar refractivity (Wildman–Crippen MR) is 37.7 cm³/mol. The zero-order valence-electron chi connectivity index (χ0n) is 7.06. The minimum atomic E-state index is -4.32. The van der Waals surface area contributed by atoms with Gasteiger partial charge >= 0.3 is 19.6 Å². The lowest BCUT2D eigenvalue weighted by molar-refractivity contribution is -0.512. The summed E-state index contributed by atoms with van der Waals surface area (Å²) >= 11 is 0. The number of ether oxygens (including phenoxy) is 1. The Morgan fingerprint density at radius 2 is 1.87 bits per heavy atom. The van der Waals surface area contributed by atoms with Gasteiger partial charge in [-0.2, -0.15) is 0 Å². The smallest absolute Gasteiger partial charge is 0.385 e. The summed E-state index contributed by atoms with van der Waals surface area (Å²) in [5.74, 6) is -8.49. The summed E-state index contributed by atoms with van der Waals surface area (Å²) in [5, 5.41) is 38.4. The lowest BCUT2D eigenvalue weighted by Crippen LogP contribution is -2.76. The molecule has 15 heavy (non-hydrogen) atoms. The van der Waals surface area contributed by atoms with Crippen LogP contribution in [0, 0.1) is 0 Å². The molecule has 9 nitrogen and oxygen atoms in total. The molecule has 3 rings (SSSR count). The van der Waals surface area contributed by atoms with Crippen LogP contribution in [0.25, 0.3) is 0 Å². The van der Waals surface area contributed by atoms with Gasteiger partial charge in [0.2, 0.25) is 0 Å². The summed E-state index contributed by atoms with van der Waals surface area (Å²) in [7, 11) is -4.32. The summed E-state index contributed by atoms with van der Waals surface area (Å²) in [6.07, 6.45) is -1.73. The maximum Gasteiger partial charge on any atom is 0.485 e. The molecule has 0 aromatic carbocycles. The van der Waals surface area contributed by atoms with Crippen LogP contribution >= 0.6 is 7.82 Å². The van der Waals surface area contributed by atoms with Crippen molar-refractivity contribution in [3.05, 3.63) is 0 Å². The molecule has 10 heteroatoms.